The van der Waals surface area contributed by atoms with Gasteiger partial charge in [0.1, 0.15) is 0 Å². The molecule has 172 valence electrons. The Balaban J connectivity index is 0.00000450. The molecule has 0 aliphatic heterocycles. The van der Waals surface area contributed by atoms with Crippen molar-refractivity contribution in [1.82, 2.24) is 20.9 Å². The smallest absolute Gasteiger partial charge is 0.357 e. The van der Waals surface area contributed by atoms with E-state index in [2.05, 4.69) is 25.9 Å². The maximum absolute atomic E-state index is 12.6. The zero-order chi connectivity index (χ0) is 21.1. The van der Waals surface area contributed by atoms with Gasteiger partial charge in [-0.25, -0.2) is 4.98 Å². The van der Waals surface area contributed by atoms with E-state index >= 15 is 0 Å². The van der Waals surface area contributed by atoms with Crippen LogP contribution in [0.4, 0.5) is 13.2 Å². The van der Waals surface area contributed by atoms with E-state index in [4.69, 9.17) is 0 Å². The van der Waals surface area contributed by atoms with Gasteiger partial charge in [-0.2, -0.15) is 13.2 Å². The van der Waals surface area contributed by atoms with Gasteiger partial charge < -0.3 is 16.0 Å². The number of alkyl halides is 3. The average molecular weight is 561 g/mol. The molecule has 1 saturated carbocycles. The molecular weight excluding hydrogens is 530 g/mol. The van der Waals surface area contributed by atoms with E-state index in [1.165, 1.54) is 19.3 Å². The Kier molecular flexibility index (Phi) is 12.6. The SMILES string of the molecule is CCNC(=NCCc1nc(C(F)(F)F)cs1)NCCNC(=O)CC1CCCCC1.I. The molecule has 0 aromatic carbocycles. The van der Waals surface area contributed by atoms with Crippen LogP contribution >= 0.6 is 35.3 Å². The number of halogens is 4. The van der Waals surface area contributed by atoms with Gasteiger partial charge >= 0.3 is 6.18 Å². The first kappa shape index (κ1) is 26.9. The standard InChI is InChI=1S/C19H30F3N5OS.HI/c1-2-23-18(25-9-8-17-27-15(13-29-17)19(20,21)22)26-11-10-24-16(28)12-14-6-4-3-5-7-14;/h13-14H,2-12H2,1H3,(H,24,28)(H2,23,25,26);1H. The van der Waals surface area contributed by atoms with E-state index in [1.54, 1.807) is 0 Å². The summed E-state index contributed by atoms with van der Waals surface area (Å²) < 4.78 is 37.7. The number of aromatic nitrogens is 1. The van der Waals surface area contributed by atoms with Gasteiger partial charge in [-0.15, -0.1) is 35.3 Å². The minimum Gasteiger partial charge on any atom is -0.357 e. The Labute approximate surface area is 196 Å². The summed E-state index contributed by atoms with van der Waals surface area (Å²) in [6, 6.07) is 0. The molecule has 0 atom stereocenters. The van der Waals surface area contributed by atoms with Crippen LogP contribution in [0.5, 0.6) is 0 Å². The molecule has 1 aliphatic rings. The van der Waals surface area contributed by atoms with Crippen molar-refractivity contribution in [2.24, 2.45) is 10.9 Å². The highest BCUT2D eigenvalue weighted by molar-refractivity contribution is 14.0. The molecule has 11 heteroatoms. The molecule has 0 unspecified atom stereocenters. The Morgan fingerprint density at radius 1 is 1.20 bits per heavy atom. The molecule has 1 heterocycles. The zero-order valence-corrected chi connectivity index (χ0v) is 20.3. The number of carbonyl (C=O) groups is 1. The number of rotatable bonds is 9. The molecule has 0 bridgehead atoms. The number of hydrogen-bond donors (Lipinski definition) is 3. The first-order chi connectivity index (χ1) is 13.9. The molecule has 0 radical (unpaired) electrons. The third kappa shape index (κ3) is 10.3. The first-order valence-corrected chi connectivity index (χ1v) is 11.1. The lowest BCUT2D eigenvalue weighted by atomic mass is 9.87. The second kappa shape index (κ2) is 14.0. The lowest BCUT2D eigenvalue weighted by Crippen LogP contribution is -2.41. The van der Waals surface area contributed by atoms with Gasteiger partial charge in [-0.05, 0) is 25.7 Å². The summed E-state index contributed by atoms with van der Waals surface area (Å²) in [4.78, 5) is 20.0. The van der Waals surface area contributed by atoms with Crippen LogP contribution in [0.15, 0.2) is 10.4 Å². The van der Waals surface area contributed by atoms with Gasteiger partial charge in [-0.1, -0.05) is 19.3 Å². The third-order valence-electron chi connectivity index (χ3n) is 4.72. The monoisotopic (exact) mass is 561 g/mol. The van der Waals surface area contributed by atoms with E-state index in [-0.39, 0.29) is 29.9 Å². The number of amides is 1. The molecular formula is C19H31F3IN5OS. The highest BCUT2D eigenvalue weighted by atomic mass is 127. The normalized spacial score (nSPS) is 15.4. The van der Waals surface area contributed by atoms with Crippen LogP contribution in [-0.2, 0) is 17.4 Å². The predicted molar refractivity (Wildman–Crippen MR) is 124 cm³/mol. The van der Waals surface area contributed by atoms with E-state index < -0.39 is 11.9 Å². The topological polar surface area (TPSA) is 78.4 Å². The van der Waals surface area contributed by atoms with Crippen LogP contribution in [0.25, 0.3) is 0 Å². The van der Waals surface area contributed by atoms with Gasteiger partial charge in [0, 0.05) is 44.4 Å². The van der Waals surface area contributed by atoms with Crippen molar-refractivity contribution in [3.63, 3.8) is 0 Å². The summed E-state index contributed by atoms with van der Waals surface area (Å²) in [5, 5.41) is 10.6. The quantitative estimate of drug-likeness (QED) is 0.185. The number of nitrogens with one attached hydrogen (secondary N) is 3. The number of thiazole rings is 1. The maximum atomic E-state index is 12.6. The lowest BCUT2D eigenvalue weighted by molar-refractivity contribution is -0.140. The van der Waals surface area contributed by atoms with Crippen molar-refractivity contribution in [3.05, 3.63) is 16.1 Å². The molecule has 1 aromatic heterocycles. The summed E-state index contributed by atoms with van der Waals surface area (Å²) >= 11 is 0.992. The van der Waals surface area contributed by atoms with Crippen molar-refractivity contribution < 1.29 is 18.0 Å². The molecule has 1 amide bonds. The van der Waals surface area contributed by atoms with E-state index in [0.717, 1.165) is 29.6 Å². The molecule has 1 fully saturated rings. The summed E-state index contributed by atoms with van der Waals surface area (Å²) in [5.74, 6) is 1.17. The second-order valence-corrected chi connectivity index (χ2v) is 8.06. The van der Waals surface area contributed by atoms with Gasteiger partial charge in [0.2, 0.25) is 5.91 Å². The Morgan fingerprint density at radius 3 is 2.53 bits per heavy atom. The van der Waals surface area contributed by atoms with E-state index in [0.29, 0.717) is 55.9 Å². The number of nitrogens with zero attached hydrogens (tertiary/aromatic N) is 2. The highest BCUT2D eigenvalue weighted by Crippen LogP contribution is 2.30. The fourth-order valence-corrected chi connectivity index (χ4v) is 4.06. The number of hydrogen-bond acceptors (Lipinski definition) is 4. The van der Waals surface area contributed by atoms with Crippen LogP contribution in [0.1, 0.15) is 56.2 Å². The summed E-state index contributed by atoms with van der Waals surface area (Å²) in [7, 11) is 0. The fourth-order valence-electron chi connectivity index (χ4n) is 3.27. The number of guanidine groups is 1. The predicted octanol–water partition coefficient (Wildman–Crippen LogP) is 3.96. The van der Waals surface area contributed by atoms with Gasteiger partial charge in [0.05, 0.1) is 5.01 Å². The zero-order valence-electron chi connectivity index (χ0n) is 17.2. The number of aliphatic imine (C=N–C) groups is 1. The Morgan fingerprint density at radius 2 is 1.90 bits per heavy atom. The molecule has 1 aromatic rings. The second-order valence-electron chi connectivity index (χ2n) is 7.12. The Hall–Kier alpha value is -1.11. The summed E-state index contributed by atoms with van der Waals surface area (Å²) in [6.07, 6.45) is 2.55. The van der Waals surface area contributed by atoms with Crippen LogP contribution < -0.4 is 16.0 Å². The lowest BCUT2D eigenvalue weighted by Gasteiger charge is -2.20. The summed E-state index contributed by atoms with van der Waals surface area (Å²) in [6.45, 7) is 3.94. The van der Waals surface area contributed by atoms with Gasteiger partial charge in [0.15, 0.2) is 11.7 Å². The maximum Gasteiger partial charge on any atom is 0.434 e. The minimum absolute atomic E-state index is 0. The van der Waals surface area contributed by atoms with Crippen molar-refractivity contribution in [2.75, 3.05) is 26.2 Å². The molecule has 6 nitrogen and oxygen atoms in total. The average Bonchev–Trinajstić information content (AvgIpc) is 3.15. The molecule has 0 spiro atoms. The highest BCUT2D eigenvalue weighted by Gasteiger charge is 2.33. The molecule has 3 N–H and O–H groups in total. The first-order valence-electron chi connectivity index (χ1n) is 10.2. The van der Waals surface area contributed by atoms with Crippen molar-refractivity contribution in [1.29, 1.82) is 0 Å². The third-order valence-corrected chi connectivity index (χ3v) is 5.63. The van der Waals surface area contributed by atoms with E-state index in [1.807, 2.05) is 6.92 Å². The van der Waals surface area contributed by atoms with Gasteiger partial charge in [0.25, 0.3) is 0 Å². The molecule has 30 heavy (non-hydrogen) atoms. The van der Waals surface area contributed by atoms with Gasteiger partial charge in [-0.3, -0.25) is 9.79 Å². The molecule has 1 aliphatic carbocycles. The van der Waals surface area contributed by atoms with E-state index in [9.17, 15) is 18.0 Å². The van der Waals surface area contributed by atoms with Crippen LogP contribution in [0.2, 0.25) is 0 Å². The minimum atomic E-state index is -4.41. The van der Waals surface area contributed by atoms with Crippen LogP contribution in [0, 0.1) is 5.92 Å². The van der Waals surface area contributed by atoms with Crippen molar-refractivity contribution in [2.45, 2.75) is 58.0 Å². The van der Waals surface area contributed by atoms with Crippen molar-refractivity contribution in [3.8, 4) is 0 Å². The number of carbonyl (C=O) groups excluding carboxylic acids is 1. The van der Waals surface area contributed by atoms with Crippen molar-refractivity contribution >= 4 is 47.2 Å². The largest absolute Gasteiger partial charge is 0.434 e. The van der Waals surface area contributed by atoms with Crippen LogP contribution in [0.3, 0.4) is 0 Å². The van der Waals surface area contributed by atoms with Crippen LogP contribution in [-0.4, -0.2) is 43.0 Å². The molecule has 2 rings (SSSR count). The molecule has 0 saturated heterocycles. The fraction of sp³-hybridized carbons (Fsp3) is 0.737. The Bertz CT molecular complexity index is 663. The summed E-state index contributed by atoms with van der Waals surface area (Å²) in [5.41, 5.74) is -0.851.